The lowest BCUT2D eigenvalue weighted by atomic mass is 10.0. The van der Waals surface area contributed by atoms with E-state index in [0.717, 1.165) is 41.4 Å². The van der Waals surface area contributed by atoms with Gasteiger partial charge in [0.25, 0.3) is 0 Å². The van der Waals surface area contributed by atoms with Crippen LogP contribution in [0.1, 0.15) is 36.2 Å². The minimum atomic E-state index is -4.81. The molecule has 1 aliphatic rings. The number of amides is 3. The van der Waals surface area contributed by atoms with Gasteiger partial charge in [0, 0.05) is 5.56 Å². The molecule has 2 atom stereocenters. The zero-order valence-electron chi connectivity index (χ0n) is 24.5. The fraction of sp³-hybridized carbons (Fsp3) is 0.258. The van der Waals surface area contributed by atoms with E-state index in [-0.39, 0.29) is 34.0 Å². The van der Waals surface area contributed by atoms with Crippen LogP contribution in [0.25, 0.3) is 17.1 Å². The minimum Gasteiger partial charge on any atom is -0.406 e. The second kappa shape index (κ2) is 13.7. The third kappa shape index (κ3) is 7.70. The fourth-order valence-electron chi connectivity index (χ4n) is 4.66. The number of amidine groups is 1. The molecule has 1 aromatic heterocycles. The average Bonchev–Trinajstić information content (AvgIpc) is 3.64. The first kappa shape index (κ1) is 32.6. The van der Waals surface area contributed by atoms with Gasteiger partial charge in [-0.25, -0.2) is 23.2 Å². The van der Waals surface area contributed by atoms with Crippen LogP contribution in [-0.4, -0.2) is 50.3 Å². The molecule has 2 unspecified atom stereocenters. The number of hydrogen-bond donors (Lipinski definition) is 1. The molecule has 4 aromatic rings. The Bertz CT molecular complexity index is 1740. The number of carbonyl (C=O) groups is 2. The third-order valence-corrected chi connectivity index (χ3v) is 7.72. The molecular formula is C31H27F5N6O3S. The summed E-state index contributed by atoms with van der Waals surface area (Å²) in [5.41, 5.74) is 3.23. The van der Waals surface area contributed by atoms with Crippen molar-refractivity contribution in [3.05, 3.63) is 89.7 Å². The molecule has 1 fully saturated rings. The number of anilines is 1. The summed E-state index contributed by atoms with van der Waals surface area (Å²) in [6.45, 7) is 3.88. The van der Waals surface area contributed by atoms with Gasteiger partial charge in [-0.05, 0) is 60.4 Å². The number of carbonyl (C=O) groups excluding carboxylic acids is 2. The van der Waals surface area contributed by atoms with Crippen molar-refractivity contribution >= 4 is 34.6 Å². The average molecular weight is 659 g/mol. The lowest BCUT2D eigenvalue weighted by molar-refractivity contribution is -0.274. The lowest BCUT2D eigenvalue weighted by Crippen LogP contribution is -2.35. The number of aromatic nitrogens is 3. The molecule has 3 aromatic carbocycles. The number of urea groups is 1. The Balaban J connectivity index is 1.23. The van der Waals surface area contributed by atoms with Crippen LogP contribution in [0, 0.1) is 6.92 Å². The SMILES string of the molecule is CCCc1ccc(C)cc1N1C(=O)CS/C1=N\C(=O)NC(F)C(F)c1ccc(-c2ncn(-c3ccc(OC(F)(F)F)cc3)n2)cc1. The molecule has 240 valence electrons. The Morgan fingerprint density at radius 1 is 1.09 bits per heavy atom. The minimum absolute atomic E-state index is 0.0546. The standard InChI is InChI=1S/C31H27F5N6O3S/c1-3-4-19-6-5-18(2)15-24(19)42-25(43)16-46-30(42)39-29(44)38-27(33)26(32)20-7-9-21(10-8-20)28-37-17-41(40-28)22-11-13-23(14-12-22)45-31(34,35)36/h5-15,17,26-27H,3-4,16H2,1-2H3,(H,38,44)/b39-30-. The smallest absolute Gasteiger partial charge is 0.406 e. The van der Waals surface area contributed by atoms with E-state index in [0.29, 0.717) is 23.4 Å². The van der Waals surface area contributed by atoms with E-state index in [4.69, 9.17) is 0 Å². The van der Waals surface area contributed by atoms with Gasteiger partial charge in [-0.2, -0.15) is 4.99 Å². The van der Waals surface area contributed by atoms with Crippen LogP contribution in [0.15, 0.2) is 78.0 Å². The highest BCUT2D eigenvalue weighted by Crippen LogP contribution is 2.32. The number of nitrogens with one attached hydrogen (secondary N) is 1. The van der Waals surface area contributed by atoms with Gasteiger partial charge in [0.2, 0.25) is 12.2 Å². The van der Waals surface area contributed by atoms with Crippen LogP contribution >= 0.6 is 11.8 Å². The van der Waals surface area contributed by atoms with E-state index in [1.807, 2.05) is 37.4 Å². The van der Waals surface area contributed by atoms with Crippen LogP contribution in [0.5, 0.6) is 5.75 Å². The first-order valence-corrected chi connectivity index (χ1v) is 15.0. The number of aryl methyl sites for hydroxylation is 2. The Morgan fingerprint density at radius 3 is 2.48 bits per heavy atom. The summed E-state index contributed by atoms with van der Waals surface area (Å²) < 4.78 is 72.3. The molecule has 3 amide bonds. The van der Waals surface area contributed by atoms with Crippen molar-refractivity contribution in [1.82, 2.24) is 20.1 Å². The molecule has 0 bridgehead atoms. The quantitative estimate of drug-likeness (QED) is 0.150. The maximum absolute atomic E-state index is 15.1. The number of rotatable bonds is 9. The predicted octanol–water partition coefficient (Wildman–Crippen LogP) is 7.25. The van der Waals surface area contributed by atoms with E-state index in [9.17, 15) is 27.2 Å². The highest BCUT2D eigenvalue weighted by Gasteiger charge is 2.33. The number of nitrogens with zero attached hydrogens (tertiary/aromatic N) is 5. The monoisotopic (exact) mass is 658 g/mol. The van der Waals surface area contributed by atoms with Gasteiger partial charge in [-0.1, -0.05) is 61.5 Å². The van der Waals surface area contributed by atoms with Crippen LogP contribution in [0.3, 0.4) is 0 Å². The zero-order valence-corrected chi connectivity index (χ0v) is 25.3. The highest BCUT2D eigenvalue weighted by atomic mass is 32.2. The van der Waals surface area contributed by atoms with Crippen LogP contribution in [0.4, 0.5) is 32.4 Å². The summed E-state index contributed by atoms with van der Waals surface area (Å²) in [5.74, 6) is -0.380. The maximum Gasteiger partial charge on any atom is 0.573 e. The molecule has 2 heterocycles. The van der Waals surface area contributed by atoms with Gasteiger partial charge in [0.05, 0.1) is 17.1 Å². The molecule has 5 rings (SSSR count). The summed E-state index contributed by atoms with van der Waals surface area (Å²) in [7, 11) is 0. The van der Waals surface area contributed by atoms with Crippen molar-refractivity contribution in [3.63, 3.8) is 0 Å². The summed E-state index contributed by atoms with van der Waals surface area (Å²) in [6, 6.07) is 15.1. The molecule has 0 aliphatic carbocycles. The number of benzene rings is 3. The number of aliphatic imine (C=N–C) groups is 1. The summed E-state index contributed by atoms with van der Waals surface area (Å²) in [5, 5.41) is 6.27. The van der Waals surface area contributed by atoms with Crippen molar-refractivity contribution in [2.45, 2.75) is 45.5 Å². The molecule has 46 heavy (non-hydrogen) atoms. The van der Waals surface area contributed by atoms with Gasteiger partial charge in [0.15, 0.2) is 17.2 Å². The Morgan fingerprint density at radius 2 is 1.80 bits per heavy atom. The number of thioether (sulfide) groups is 1. The molecule has 0 saturated carbocycles. The Labute approximate surface area is 264 Å². The fourth-order valence-corrected chi connectivity index (χ4v) is 5.52. The van der Waals surface area contributed by atoms with Gasteiger partial charge in [0.1, 0.15) is 12.1 Å². The third-order valence-electron chi connectivity index (χ3n) is 6.80. The van der Waals surface area contributed by atoms with Gasteiger partial charge in [-0.3, -0.25) is 9.69 Å². The summed E-state index contributed by atoms with van der Waals surface area (Å²) in [6.07, 6.45) is -6.60. The first-order chi connectivity index (χ1) is 21.9. The van der Waals surface area contributed by atoms with Crippen molar-refractivity contribution < 1.29 is 36.3 Å². The summed E-state index contributed by atoms with van der Waals surface area (Å²) >= 11 is 1.04. The molecular weight excluding hydrogens is 631 g/mol. The first-order valence-electron chi connectivity index (χ1n) is 14.0. The number of alkyl halides is 5. The topological polar surface area (TPSA) is 102 Å². The van der Waals surface area contributed by atoms with Crippen LogP contribution in [0.2, 0.25) is 0 Å². The lowest BCUT2D eigenvalue weighted by Gasteiger charge is -2.20. The largest absolute Gasteiger partial charge is 0.573 e. The second-order valence-electron chi connectivity index (χ2n) is 10.2. The van der Waals surface area contributed by atoms with Crippen LogP contribution in [-0.2, 0) is 11.2 Å². The number of halogens is 5. The normalized spacial score (nSPS) is 15.7. The van der Waals surface area contributed by atoms with E-state index in [1.54, 1.807) is 0 Å². The molecule has 9 nitrogen and oxygen atoms in total. The summed E-state index contributed by atoms with van der Waals surface area (Å²) in [4.78, 5) is 34.7. The molecule has 0 spiro atoms. The van der Waals surface area contributed by atoms with Gasteiger partial charge < -0.3 is 10.1 Å². The van der Waals surface area contributed by atoms with Gasteiger partial charge >= 0.3 is 12.4 Å². The highest BCUT2D eigenvalue weighted by molar-refractivity contribution is 8.15. The van der Waals surface area contributed by atoms with Crippen molar-refractivity contribution in [2.24, 2.45) is 4.99 Å². The van der Waals surface area contributed by atoms with E-state index >= 15 is 4.39 Å². The van der Waals surface area contributed by atoms with Crippen molar-refractivity contribution in [1.29, 1.82) is 0 Å². The molecule has 1 aliphatic heterocycles. The maximum atomic E-state index is 15.1. The van der Waals surface area contributed by atoms with E-state index in [1.165, 1.54) is 52.3 Å². The van der Waals surface area contributed by atoms with Crippen molar-refractivity contribution in [2.75, 3.05) is 10.7 Å². The van der Waals surface area contributed by atoms with E-state index in [2.05, 4.69) is 19.8 Å². The van der Waals surface area contributed by atoms with E-state index < -0.39 is 24.9 Å². The Kier molecular flexibility index (Phi) is 9.70. The zero-order chi connectivity index (χ0) is 33.0. The number of ether oxygens (including phenoxy) is 1. The molecule has 1 N–H and O–H groups in total. The van der Waals surface area contributed by atoms with Crippen LogP contribution < -0.4 is 15.0 Å². The second-order valence-corrected chi connectivity index (χ2v) is 11.2. The molecule has 15 heteroatoms. The predicted molar refractivity (Wildman–Crippen MR) is 163 cm³/mol. The molecule has 1 saturated heterocycles. The Hall–Kier alpha value is -4.79. The van der Waals surface area contributed by atoms with Gasteiger partial charge in [-0.15, -0.1) is 18.3 Å². The van der Waals surface area contributed by atoms with Crippen molar-refractivity contribution in [3.8, 4) is 22.8 Å². The number of hydrogen-bond acceptors (Lipinski definition) is 6. The molecule has 0 radical (unpaired) electrons.